The van der Waals surface area contributed by atoms with Crippen LogP contribution in [0.5, 0.6) is 0 Å². The second kappa shape index (κ2) is 13.8. The Labute approximate surface area is 264 Å². The molecule has 2 aliphatic heterocycles. The van der Waals surface area contributed by atoms with Gasteiger partial charge in [-0.15, -0.1) is 0 Å². The average Bonchev–Trinajstić information content (AvgIpc) is 2.96. The third kappa shape index (κ3) is 7.00. The van der Waals surface area contributed by atoms with Gasteiger partial charge in [0.05, 0.1) is 40.3 Å². The number of hydrogen-bond acceptors (Lipinski definition) is 3. The van der Waals surface area contributed by atoms with Crippen molar-refractivity contribution in [1.29, 1.82) is 0 Å². The van der Waals surface area contributed by atoms with E-state index in [9.17, 15) is 9.59 Å². The van der Waals surface area contributed by atoms with Crippen LogP contribution in [0.2, 0.25) is 20.1 Å². The van der Waals surface area contributed by atoms with Crippen molar-refractivity contribution in [3.05, 3.63) is 67.6 Å². The van der Waals surface area contributed by atoms with E-state index in [2.05, 4.69) is 5.32 Å². The van der Waals surface area contributed by atoms with E-state index in [0.29, 0.717) is 32.2 Å². The Morgan fingerprint density at radius 1 is 0.902 bits per heavy atom. The van der Waals surface area contributed by atoms with Crippen molar-refractivity contribution >= 4 is 58.2 Å². The molecule has 2 aromatic carbocycles. The van der Waals surface area contributed by atoms with Gasteiger partial charge in [-0.3, -0.25) is 9.59 Å². The average molecular weight is 644 g/mol. The van der Waals surface area contributed by atoms with E-state index >= 15 is 0 Å². The molecule has 0 aliphatic carbocycles. The lowest BCUT2D eigenvalue weighted by atomic mass is 9.79. The summed E-state index contributed by atoms with van der Waals surface area (Å²) in [6.07, 6.45) is 5.87. The van der Waals surface area contributed by atoms with Crippen LogP contribution in [0.1, 0.15) is 60.4 Å². The Kier molecular flexibility index (Phi) is 10.9. The van der Waals surface area contributed by atoms with E-state index < -0.39 is 5.54 Å². The van der Waals surface area contributed by atoms with Gasteiger partial charge in [0.2, 0.25) is 0 Å². The van der Waals surface area contributed by atoms with Gasteiger partial charge >= 0.3 is 0 Å². The molecule has 2 amide bonds. The van der Waals surface area contributed by atoms with Crippen molar-refractivity contribution < 1.29 is 14.1 Å². The van der Waals surface area contributed by atoms with Crippen molar-refractivity contribution in [3.8, 4) is 0 Å². The molecule has 0 bridgehead atoms. The highest BCUT2D eigenvalue weighted by Gasteiger charge is 2.57. The number of amides is 2. The van der Waals surface area contributed by atoms with Crippen molar-refractivity contribution in [2.45, 2.75) is 50.0 Å². The number of carbonyl (C=O) groups excluding carboxylic acids is 2. The minimum atomic E-state index is -0.448. The number of carbonyl (C=O) groups is 2. The molecule has 4 rings (SSSR count). The van der Waals surface area contributed by atoms with Crippen LogP contribution in [0, 0.1) is 0 Å². The molecule has 2 aromatic rings. The SMILES string of the molecule is CN(C)C(=O)C1([N+]2(CCC(CN(C)C(=O)c3ccc(Cl)cc3Cl)c3ccc(Cl)c(Cl)c3)CCCCC2)CCNCC1. The Bertz CT molecular complexity index is 1240. The van der Waals surface area contributed by atoms with Gasteiger partial charge in [0, 0.05) is 71.0 Å². The molecule has 224 valence electrons. The summed E-state index contributed by atoms with van der Waals surface area (Å²) in [6, 6.07) is 10.7. The monoisotopic (exact) mass is 641 g/mol. The molecule has 0 spiro atoms. The highest BCUT2D eigenvalue weighted by Crippen LogP contribution is 2.40. The molecule has 2 heterocycles. The normalized spacial score (nSPS) is 18.9. The molecular formula is C31H41Cl4N4O2+. The molecule has 0 radical (unpaired) electrons. The summed E-state index contributed by atoms with van der Waals surface area (Å²) in [5.41, 5.74) is 0.988. The molecule has 2 fully saturated rings. The third-order valence-corrected chi connectivity index (χ3v) is 10.4. The van der Waals surface area contributed by atoms with E-state index in [0.717, 1.165) is 74.9 Å². The molecule has 1 atom stereocenters. The first-order chi connectivity index (χ1) is 19.5. The molecule has 41 heavy (non-hydrogen) atoms. The van der Waals surface area contributed by atoms with Gasteiger partial charge < -0.3 is 19.6 Å². The fourth-order valence-corrected chi connectivity index (χ4v) is 7.74. The number of hydrogen-bond donors (Lipinski definition) is 1. The summed E-state index contributed by atoms with van der Waals surface area (Å²) in [6.45, 7) is 4.97. The second-order valence-electron chi connectivity index (χ2n) is 11.8. The Morgan fingerprint density at radius 3 is 2.20 bits per heavy atom. The third-order valence-electron chi connectivity index (χ3n) is 9.14. The zero-order valence-electron chi connectivity index (χ0n) is 24.2. The van der Waals surface area contributed by atoms with Gasteiger partial charge in [0.25, 0.3) is 11.8 Å². The first-order valence-corrected chi connectivity index (χ1v) is 15.9. The van der Waals surface area contributed by atoms with Gasteiger partial charge in [-0.1, -0.05) is 52.5 Å². The number of piperidine rings is 2. The minimum absolute atomic E-state index is 0.0186. The number of nitrogens with one attached hydrogen (secondary N) is 1. The number of likely N-dealkylation sites (tertiary alicyclic amines) is 1. The van der Waals surface area contributed by atoms with Crippen molar-refractivity contribution in [1.82, 2.24) is 15.1 Å². The lowest BCUT2D eigenvalue weighted by molar-refractivity contribution is -0.972. The van der Waals surface area contributed by atoms with Gasteiger partial charge in [-0.2, -0.15) is 0 Å². The summed E-state index contributed by atoms with van der Waals surface area (Å²) in [4.78, 5) is 31.0. The standard InChI is InChI=1S/C31H41Cl4N4O2/c1-37(2)30(41)31(12-14-36-15-13-31)39(16-5-4-6-17-39)18-11-23(22-7-10-26(33)28(35)19-22)21-38(3)29(40)25-9-8-24(32)20-27(25)34/h7-10,19-20,23,36H,4-6,11-18,21H2,1-3H3/q+1. The molecule has 1 unspecified atom stereocenters. The molecular weight excluding hydrogens is 602 g/mol. The quantitative estimate of drug-likeness (QED) is 0.308. The zero-order valence-corrected chi connectivity index (χ0v) is 27.2. The highest BCUT2D eigenvalue weighted by molar-refractivity contribution is 6.42. The molecule has 0 saturated carbocycles. The summed E-state index contributed by atoms with van der Waals surface area (Å²) in [7, 11) is 5.56. The second-order valence-corrected chi connectivity index (χ2v) is 13.5. The number of rotatable bonds is 9. The van der Waals surface area contributed by atoms with E-state index in [1.165, 1.54) is 6.42 Å². The first kappa shape index (κ1) is 32.4. The number of quaternary nitrogens is 1. The first-order valence-electron chi connectivity index (χ1n) is 14.4. The summed E-state index contributed by atoms with van der Waals surface area (Å²) >= 11 is 25.2. The topological polar surface area (TPSA) is 52.7 Å². The van der Waals surface area contributed by atoms with Crippen LogP contribution in [0.3, 0.4) is 0 Å². The van der Waals surface area contributed by atoms with E-state index in [1.807, 2.05) is 32.3 Å². The minimum Gasteiger partial charge on any atom is -0.343 e. The van der Waals surface area contributed by atoms with Crippen LogP contribution in [0.25, 0.3) is 0 Å². The van der Waals surface area contributed by atoms with Crippen LogP contribution >= 0.6 is 46.4 Å². The molecule has 2 saturated heterocycles. The number of halogens is 4. The number of benzene rings is 2. The Morgan fingerprint density at radius 2 is 1.59 bits per heavy atom. The van der Waals surface area contributed by atoms with Crippen LogP contribution in [-0.4, -0.2) is 92.0 Å². The summed E-state index contributed by atoms with van der Waals surface area (Å²) in [5.74, 6) is 0.0443. The fourth-order valence-electron chi connectivity index (χ4n) is 6.95. The maximum Gasteiger partial charge on any atom is 0.283 e. The van der Waals surface area contributed by atoms with E-state index in [1.54, 1.807) is 35.0 Å². The maximum atomic E-state index is 14.0. The van der Waals surface area contributed by atoms with Crippen LogP contribution in [-0.2, 0) is 4.79 Å². The molecule has 2 aliphatic rings. The smallest absolute Gasteiger partial charge is 0.283 e. The molecule has 0 aromatic heterocycles. The van der Waals surface area contributed by atoms with Gasteiger partial charge in [0.1, 0.15) is 0 Å². The van der Waals surface area contributed by atoms with Gasteiger partial charge in [0.15, 0.2) is 5.54 Å². The van der Waals surface area contributed by atoms with E-state index in [-0.39, 0.29) is 17.7 Å². The maximum absolute atomic E-state index is 14.0. The Hall–Kier alpha value is -1.54. The molecule has 1 N–H and O–H groups in total. The predicted octanol–water partition coefficient (Wildman–Crippen LogP) is 6.76. The zero-order chi connectivity index (χ0) is 29.8. The van der Waals surface area contributed by atoms with Crippen molar-refractivity contribution in [2.24, 2.45) is 0 Å². The lowest BCUT2D eigenvalue weighted by Gasteiger charge is -2.56. The lowest BCUT2D eigenvalue weighted by Crippen LogP contribution is -2.74. The molecule has 10 heteroatoms. The highest BCUT2D eigenvalue weighted by atomic mass is 35.5. The predicted molar refractivity (Wildman–Crippen MR) is 169 cm³/mol. The number of likely N-dealkylation sites (N-methyl/N-ethyl adjacent to an activating group) is 2. The van der Waals surface area contributed by atoms with Gasteiger partial charge in [-0.25, -0.2) is 0 Å². The van der Waals surface area contributed by atoms with Crippen LogP contribution < -0.4 is 5.32 Å². The van der Waals surface area contributed by atoms with E-state index in [4.69, 9.17) is 46.4 Å². The molecule has 6 nitrogen and oxygen atoms in total. The van der Waals surface area contributed by atoms with Crippen LogP contribution in [0.15, 0.2) is 36.4 Å². The summed E-state index contributed by atoms with van der Waals surface area (Å²) in [5, 5.41) is 5.28. The fraction of sp³-hybridized carbons (Fsp3) is 0.548. The summed E-state index contributed by atoms with van der Waals surface area (Å²) < 4.78 is 0.796. The number of nitrogens with zero attached hydrogens (tertiary/aromatic N) is 3. The Balaban J connectivity index is 1.66. The van der Waals surface area contributed by atoms with Crippen molar-refractivity contribution in [3.63, 3.8) is 0 Å². The van der Waals surface area contributed by atoms with Crippen molar-refractivity contribution in [2.75, 3.05) is 60.4 Å². The van der Waals surface area contributed by atoms with Gasteiger partial charge in [-0.05, 0) is 55.2 Å². The largest absolute Gasteiger partial charge is 0.343 e. The van der Waals surface area contributed by atoms with Crippen LogP contribution in [0.4, 0.5) is 0 Å².